The Hall–Kier alpha value is -3.25. The molecule has 0 unspecified atom stereocenters. The molecule has 0 atom stereocenters. The van der Waals surface area contributed by atoms with Gasteiger partial charge >= 0.3 is 0 Å². The van der Waals surface area contributed by atoms with E-state index in [0.29, 0.717) is 47.8 Å². The number of fused-ring (bicyclic) bond motifs is 2. The van der Waals surface area contributed by atoms with Gasteiger partial charge in [0.25, 0.3) is 0 Å². The summed E-state index contributed by atoms with van der Waals surface area (Å²) in [4.78, 5) is 16.3. The Morgan fingerprint density at radius 2 is 1.97 bits per heavy atom. The van der Waals surface area contributed by atoms with Crippen molar-refractivity contribution in [3.8, 4) is 17.0 Å². The summed E-state index contributed by atoms with van der Waals surface area (Å²) < 4.78 is 46.2. The van der Waals surface area contributed by atoms with Crippen LogP contribution in [0.4, 0.5) is 10.2 Å². The summed E-state index contributed by atoms with van der Waals surface area (Å²) in [5.41, 5.74) is 3.85. The monoisotopic (exact) mass is 527 g/mol. The Morgan fingerprint density at radius 3 is 2.65 bits per heavy atom. The van der Waals surface area contributed by atoms with Gasteiger partial charge in [-0.05, 0) is 17.5 Å². The minimum absolute atomic E-state index is 0.0451. The van der Waals surface area contributed by atoms with Crippen molar-refractivity contribution in [2.75, 3.05) is 56.7 Å². The first-order valence-electron chi connectivity index (χ1n) is 12.3. The third-order valence-electron chi connectivity index (χ3n) is 7.48. The van der Waals surface area contributed by atoms with Gasteiger partial charge < -0.3 is 19.5 Å². The number of H-pyrrole nitrogens is 1. The lowest BCUT2D eigenvalue weighted by Gasteiger charge is -2.60. The van der Waals surface area contributed by atoms with Crippen molar-refractivity contribution in [1.82, 2.24) is 29.5 Å². The number of halogens is 1. The lowest BCUT2D eigenvalue weighted by atomic mass is 9.73. The molecule has 2 saturated heterocycles. The molecule has 37 heavy (non-hydrogen) atoms. The Bertz CT molecular complexity index is 1610. The largest absolute Gasteiger partial charge is 0.493 e. The molecule has 12 heteroatoms. The van der Waals surface area contributed by atoms with Crippen molar-refractivity contribution in [3.05, 3.63) is 36.2 Å². The van der Waals surface area contributed by atoms with Crippen LogP contribution < -0.4 is 9.64 Å². The topological polar surface area (TPSA) is 109 Å². The molecule has 0 amide bonds. The van der Waals surface area contributed by atoms with Gasteiger partial charge in [-0.2, -0.15) is 5.10 Å². The molecule has 10 nitrogen and oxygen atoms in total. The van der Waals surface area contributed by atoms with Crippen LogP contribution in [0, 0.1) is 11.2 Å². The van der Waals surface area contributed by atoms with Crippen LogP contribution >= 0.6 is 0 Å². The van der Waals surface area contributed by atoms with Crippen LogP contribution in [0.25, 0.3) is 27.8 Å². The van der Waals surface area contributed by atoms with Crippen molar-refractivity contribution >= 4 is 32.2 Å². The van der Waals surface area contributed by atoms with E-state index < -0.39 is 9.84 Å². The second-order valence-electron chi connectivity index (χ2n) is 10.8. The fourth-order valence-electron chi connectivity index (χ4n) is 5.84. The minimum atomic E-state index is -2.97. The summed E-state index contributed by atoms with van der Waals surface area (Å²) in [6, 6.07) is 1.89. The second kappa shape index (κ2) is 8.38. The zero-order valence-corrected chi connectivity index (χ0v) is 22.1. The van der Waals surface area contributed by atoms with Crippen LogP contribution in [0.15, 0.2) is 24.8 Å². The first kappa shape index (κ1) is 24.1. The summed E-state index contributed by atoms with van der Waals surface area (Å²) in [6.07, 6.45) is 6.30. The van der Waals surface area contributed by atoms with Crippen LogP contribution in [0.1, 0.15) is 25.3 Å². The molecule has 2 aliphatic heterocycles. The molecule has 1 spiro atoms. The molecule has 6 rings (SSSR count). The summed E-state index contributed by atoms with van der Waals surface area (Å²) in [6.45, 7) is 7.75. The molecule has 0 aliphatic carbocycles. The van der Waals surface area contributed by atoms with Crippen LogP contribution in [0.3, 0.4) is 0 Å². The maximum absolute atomic E-state index is 16.1. The molecule has 4 aromatic heterocycles. The molecule has 1 N–H and O–H groups in total. The van der Waals surface area contributed by atoms with E-state index in [0.717, 1.165) is 29.9 Å². The van der Waals surface area contributed by atoms with Crippen LogP contribution in [-0.2, 0) is 9.84 Å². The van der Waals surface area contributed by atoms with Crippen molar-refractivity contribution in [2.45, 2.75) is 19.8 Å². The Morgan fingerprint density at radius 1 is 1.22 bits per heavy atom. The normalized spacial score (nSPS) is 17.6. The van der Waals surface area contributed by atoms with Gasteiger partial charge in [-0.3, -0.25) is 0 Å². The summed E-state index contributed by atoms with van der Waals surface area (Å²) in [5, 5.41) is 4.81. The number of aromatic amines is 1. The smallest absolute Gasteiger partial charge is 0.197 e. The van der Waals surface area contributed by atoms with Crippen molar-refractivity contribution in [1.29, 1.82) is 0 Å². The van der Waals surface area contributed by atoms with E-state index in [9.17, 15) is 8.42 Å². The molecule has 0 aromatic carbocycles. The van der Waals surface area contributed by atoms with Crippen LogP contribution in [0.2, 0.25) is 0 Å². The quantitative estimate of drug-likeness (QED) is 0.391. The number of methoxy groups -OCH3 is 1. The van der Waals surface area contributed by atoms with Gasteiger partial charge in [0.1, 0.15) is 16.2 Å². The lowest BCUT2D eigenvalue weighted by Crippen LogP contribution is -2.72. The standard InChI is InChI=1S/C25H30FN7O3S/c1-15(2)19-20-17(30-22(19)16-7-18(36-3)23-28-14-29-33(23)9-16)8-27-24(21(20)26)32-12-25(13-32)10-31(11-25)5-6-37(4,34)35/h7-9,14-15,30H,5-6,10-13H2,1-4H3. The molecule has 2 aliphatic rings. The highest BCUT2D eigenvalue weighted by molar-refractivity contribution is 7.90. The molecular weight excluding hydrogens is 497 g/mol. The van der Waals surface area contributed by atoms with E-state index in [-0.39, 0.29) is 22.9 Å². The van der Waals surface area contributed by atoms with Gasteiger partial charge in [-0.15, -0.1) is 0 Å². The van der Waals surface area contributed by atoms with Gasteiger partial charge in [0.2, 0.25) is 0 Å². The van der Waals surface area contributed by atoms with E-state index in [1.54, 1.807) is 17.8 Å². The number of likely N-dealkylation sites (tertiary alicyclic amines) is 1. The predicted octanol–water partition coefficient (Wildman–Crippen LogP) is 2.71. The number of nitrogens with one attached hydrogen (secondary N) is 1. The number of pyridine rings is 2. The number of ether oxygens (including phenoxy) is 1. The highest BCUT2D eigenvalue weighted by Crippen LogP contribution is 2.44. The maximum Gasteiger partial charge on any atom is 0.197 e. The molecular formula is C25H30FN7O3S. The zero-order chi connectivity index (χ0) is 26.1. The molecule has 0 saturated carbocycles. The van der Waals surface area contributed by atoms with E-state index in [4.69, 9.17) is 4.74 Å². The predicted molar refractivity (Wildman–Crippen MR) is 139 cm³/mol. The highest BCUT2D eigenvalue weighted by atomic mass is 32.2. The first-order chi connectivity index (χ1) is 17.6. The molecule has 6 heterocycles. The van der Waals surface area contributed by atoms with Gasteiger partial charge in [0, 0.05) is 61.5 Å². The average Bonchev–Trinajstić information content (AvgIpc) is 3.41. The number of rotatable bonds is 7. The fraction of sp³-hybridized carbons (Fsp3) is 0.480. The Labute approximate surface area is 214 Å². The van der Waals surface area contributed by atoms with E-state index in [2.05, 4.69) is 38.8 Å². The van der Waals surface area contributed by atoms with E-state index in [1.807, 2.05) is 17.2 Å². The van der Waals surface area contributed by atoms with Gasteiger partial charge in [-0.25, -0.2) is 27.3 Å². The minimum Gasteiger partial charge on any atom is -0.493 e. The van der Waals surface area contributed by atoms with Gasteiger partial charge in [0.15, 0.2) is 23.0 Å². The molecule has 4 aromatic rings. The van der Waals surface area contributed by atoms with Gasteiger partial charge in [-0.1, -0.05) is 13.8 Å². The van der Waals surface area contributed by atoms with E-state index in [1.165, 1.54) is 12.6 Å². The number of hydrogen-bond acceptors (Lipinski definition) is 8. The average molecular weight is 528 g/mol. The molecule has 0 bridgehead atoms. The number of hydrogen-bond donors (Lipinski definition) is 1. The third-order valence-corrected chi connectivity index (χ3v) is 8.40. The number of nitrogens with zero attached hydrogens (tertiary/aromatic N) is 6. The highest BCUT2D eigenvalue weighted by Gasteiger charge is 2.52. The SMILES string of the molecule is COc1cc(-c2[nH]c3cnc(N4CC5(CN(CCS(C)(=O)=O)C5)C4)c(F)c3c2C(C)C)cn2ncnc12. The Kier molecular flexibility index (Phi) is 5.46. The van der Waals surface area contributed by atoms with Crippen LogP contribution in [-0.4, -0.2) is 89.7 Å². The number of sulfone groups is 1. The molecule has 0 radical (unpaired) electrons. The molecule has 2 fully saturated rings. The summed E-state index contributed by atoms with van der Waals surface area (Å²) >= 11 is 0. The fourth-order valence-corrected chi connectivity index (χ4v) is 6.43. The van der Waals surface area contributed by atoms with E-state index >= 15 is 4.39 Å². The van der Waals surface area contributed by atoms with Crippen molar-refractivity contribution in [3.63, 3.8) is 0 Å². The van der Waals surface area contributed by atoms with Crippen molar-refractivity contribution < 1.29 is 17.5 Å². The number of anilines is 1. The van der Waals surface area contributed by atoms with Crippen molar-refractivity contribution in [2.24, 2.45) is 5.41 Å². The van der Waals surface area contributed by atoms with Crippen LogP contribution in [0.5, 0.6) is 5.75 Å². The second-order valence-corrected chi connectivity index (χ2v) is 13.0. The summed E-state index contributed by atoms with van der Waals surface area (Å²) in [7, 11) is -1.38. The summed E-state index contributed by atoms with van der Waals surface area (Å²) in [5.74, 6) is 0.844. The van der Waals surface area contributed by atoms with Gasteiger partial charge in [0.05, 0.1) is 30.3 Å². The molecule has 196 valence electrons. The first-order valence-corrected chi connectivity index (χ1v) is 14.4. The third kappa shape index (κ3) is 4.02. The zero-order valence-electron chi connectivity index (χ0n) is 21.3. The number of aromatic nitrogens is 5. The lowest BCUT2D eigenvalue weighted by molar-refractivity contribution is -0.0179. The Balaban J connectivity index is 1.30. The maximum atomic E-state index is 16.1.